The number of aromatic nitrogens is 1. The molecule has 1 aromatic heterocycles. The van der Waals surface area contributed by atoms with Gasteiger partial charge in [-0.15, -0.1) is 0 Å². The molecule has 0 unspecified atom stereocenters. The summed E-state index contributed by atoms with van der Waals surface area (Å²) in [7, 11) is 0. The van der Waals surface area contributed by atoms with E-state index in [0.29, 0.717) is 11.6 Å². The fraction of sp³-hybridized carbons (Fsp3) is 0.500. The Morgan fingerprint density at radius 2 is 2.50 bits per heavy atom. The smallest absolute Gasteiger partial charge is 0.251 e. The van der Waals surface area contributed by atoms with Crippen molar-refractivity contribution in [3.8, 4) is 0 Å². The first kappa shape index (κ1) is 13.2. The summed E-state index contributed by atoms with van der Waals surface area (Å²) in [5.41, 5.74) is 0. The summed E-state index contributed by atoms with van der Waals surface area (Å²) in [6.07, 6.45) is 3.65. The zero-order valence-electron chi connectivity index (χ0n) is 10.0. The van der Waals surface area contributed by atoms with E-state index in [1.54, 1.807) is 18.2 Å². The van der Waals surface area contributed by atoms with E-state index in [2.05, 4.69) is 5.32 Å². The predicted molar refractivity (Wildman–Crippen MR) is 68.1 cm³/mol. The number of carbonyl (C=O) groups is 1. The van der Waals surface area contributed by atoms with Gasteiger partial charge in [0.25, 0.3) is 5.03 Å². The number of nitrogens with zero attached hydrogens (tertiary/aromatic N) is 1. The number of amides is 1. The molecular weight excluding hydrogens is 252 g/mol. The number of rotatable bonds is 5. The molecule has 1 aliphatic heterocycles. The Kier molecular flexibility index (Phi) is 4.83. The van der Waals surface area contributed by atoms with Crippen molar-refractivity contribution in [3.05, 3.63) is 29.6 Å². The summed E-state index contributed by atoms with van der Waals surface area (Å²) < 4.78 is 6.17. The molecule has 1 saturated heterocycles. The van der Waals surface area contributed by atoms with Gasteiger partial charge in [-0.2, -0.15) is 4.73 Å². The lowest BCUT2D eigenvalue weighted by molar-refractivity contribution is -0.645. The van der Waals surface area contributed by atoms with Crippen molar-refractivity contribution in [3.63, 3.8) is 0 Å². The minimum Gasteiger partial charge on any atom is -0.618 e. The fourth-order valence-corrected chi connectivity index (χ4v) is 2.49. The van der Waals surface area contributed by atoms with E-state index in [4.69, 9.17) is 4.74 Å². The highest BCUT2D eigenvalue weighted by molar-refractivity contribution is 7.99. The van der Waals surface area contributed by atoms with Gasteiger partial charge in [0, 0.05) is 25.3 Å². The molecule has 1 aliphatic rings. The van der Waals surface area contributed by atoms with E-state index in [-0.39, 0.29) is 17.8 Å². The molecule has 0 radical (unpaired) electrons. The summed E-state index contributed by atoms with van der Waals surface area (Å²) in [5, 5.41) is 14.7. The Bertz CT molecular complexity index is 408. The van der Waals surface area contributed by atoms with E-state index in [0.717, 1.165) is 24.2 Å². The molecule has 0 aromatic carbocycles. The second-order valence-electron chi connectivity index (χ2n) is 4.09. The van der Waals surface area contributed by atoms with Crippen molar-refractivity contribution in [2.45, 2.75) is 24.0 Å². The fourth-order valence-electron chi connectivity index (χ4n) is 1.75. The van der Waals surface area contributed by atoms with E-state index in [9.17, 15) is 10.0 Å². The number of hydrogen-bond donors (Lipinski definition) is 1. The zero-order chi connectivity index (χ0) is 12.8. The van der Waals surface area contributed by atoms with Crippen LogP contribution >= 0.6 is 11.8 Å². The van der Waals surface area contributed by atoms with Crippen LogP contribution in [0, 0.1) is 5.21 Å². The first-order chi connectivity index (χ1) is 8.75. The average molecular weight is 268 g/mol. The number of thioether (sulfide) groups is 1. The molecule has 0 aliphatic carbocycles. The quantitative estimate of drug-likeness (QED) is 0.485. The highest BCUT2D eigenvalue weighted by Crippen LogP contribution is 2.13. The SMILES string of the molecule is O=C(CSc1cccc[n+]1[O-])NC[C@@H]1CCCO1. The third-order valence-electron chi connectivity index (χ3n) is 2.69. The standard InChI is InChI=1S/C12H16N2O3S/c15-11(13-8-10-4-3-7-17-10)9-18-12-5-1-2-6-14(12)16/h1-2,5-6,10H,3-4,7-9H2,(H,13,15)/t10-/m0/s1. The average Bonchev–Trinajstić information content (AvgIpc) is 2.88. The van der Waals surface area contributed by atoms with Crippen LogP contribution < -0.4 is 10.0 Å². The minimum atomic E-state index is -0.0700. The number of carbonyl (C=O) groups excluding carboxylic acids is 1. The molecule has 6 heteroatoms. The molecule has 2 rings (SSSR count). The summed E-state index contributed by atoms with van der Waals surface area (Å²) in [4.78, 5) is 11.6. The highest BCUT2D eigenvalue weighted by Gasteiger charge is 2.16. The molecule has 1 amide bonds. The Morgan fingerprint density at radius 1 is 1.61 bits per heavy atom. The van der Waals surface area contributed by atoms with Crippen LogP contribution in [0.4, 0.5) is 0 Å². The van der Waals surface area contributed by atoms with Gasteiger partial charge in [-0.3, -0.25) is 4.79 Å². The van der Waals surface area contributed by atoms with E-state index in [1.165, 1.54) is 18.0 Å². The lowest BCUT2D eigenvalue weighted by Crippen LogP contribution is -2.34. The van der Waals surface area contributed by atoms with Crippen LogP contribution in [0.1, 0.15) is 12.8 Å². The highest BCUT2D eigenvalue weighted by atomic mass is 32.2. The molecule has 1 fully saturated rings. The van der Waals surface area contributed by atoms with Crippen molar-refractivity contribution in [1.82, 2.24) is 5.32 Å². The molecule has 18 heavy (non-hydrogen) atoms. The van der Waals surface area contributed by atoms with Crippen LogP contribution in [-0.4, -0.2) is 30.9 Å². The van der Waals surface area contributed by atoms with E-state index >= 15 is 0 Å². The number of nitrogens with one attached hydrogen (secondary N) is 1. The van der Waals surface area contributed by atoms with Gasteiger partial charge in [-0.25, -0.2) is 0 Å². The first-order valence-corrected chi connectivity index (χ1v) is 6.93. The number of pyridine rings is 1. The van der Waals surface area contributed by atoms with E-state index < -0.39 is 0 Å². The van der Waals surface area contributed by atoms with Gasteiger partial charge in [-0.05, 0) is 30.7 Å². The molecule has 98 valence electrons. The Morgan fingerprint density at radius 3 is 3.22 bits per heavy atom. The van der Waals surface area contributed by atoms with Gasteiger partial charge < -0.3 is 15.3 Å². The van der Waals surface area contributed by atoms with Crippen molar-refractivity contribution in [2.75, 3.05) is 18.9 Å². The van der Waals surface area contributed by atoms with Gasteiger partial charge >= 0.3 is 0 Å². The second-order valence-corrected chi connectivity index (χ2v) is 5.09. The van der Waals surface area contributed by atoms with Crippen LogP contribution in [0.3, 0.4) is 0 Å². The Hall–Kier alpha value is -1.27. The molecule has 0 spiro atoms. The third kappa shape index (κ3) is 3.89. The van der Waals surface area contributed by atoms with E-state index in [1.807, 2.05) is 0 Å². The van der Waals surface area contributed by atoms with Crippen molar-refractivity contribution in [2.24, 2.45) is 0 Å². The summed E-state index contributed by atoms with van der Waals surface area (Å²) in [6, 6.07) is 5.14. The summed E-state index contributed by atoms with van der Waals surface area (Å²) in [6.45, 7) is 1.35. The number of hydrogen-bond acceptors (Lipinski definition) is 4. The van der Waals surface area contributed by atoms with Crippen LogP contribution in [0.5, 0.6) is 0 Å². The van der Waals surface area contributed by atoms with Gasteiger partial charge in [0.05, 0.1) is 11.9 Å². The topological polar surface area (TPSA) is 65.3 Å². The Labute approximate surface area is 110 Å². The molecular formula is C12H16N2O3S. The maximum absolute atomic E-state index is 11.6. The molecule has 1 N–H and O–H groups in total. The lowest BCUT2D eigenvalue weighted by Gasteiger charge is -2.10. The first-order valence-electron chi connectivity index (χ1n) is 5.95. The van der Waals surface area contributed by atoms with Gasteiger partial charge in [0.2, 0.25) is 5.91 Å². The van der Waals surface area contributed by atoms with Crippen LogP contribution in [0.15, 0.2) is 29.4 Å². The third-order valence-corrected chi connectivity index (χ3v) is 3.71. The second kappa shape index (κ2) is 6.61. The largest absolute Gasteiger partial charge is 0.618 e. The zero-order valence-corrected chi connectivity index (χ0v) is 10.8. The predicted octanol–water partition coefficient (Wildman–Crippen LogP) is 0.707. The number of ether oxygens (including phenoxy) is 1. The summed E-state index contributed by atoms with van der Waals surface area (Å²) >= 11 is 1.24. The van der Waals surface area contributed by atoms with Crippen molar-refractivity contribution < 1.29 is 14.3 Å². The van der Waals surface area contributed by atoms with Gasteiger partial charge in [-0.1, -0.05) is 0 Å². The van der Waals surface area contributed by atoms with Crippen LogP contribution in [0.2, 0.25) is 0 Å². The Balaban J connectivity index is 1.69. The van der Waals surface area contributed by atoms with Gasteiger partial charge in [0.15, 0.2) is 6.20 Å². The van der Waals surface area contributed by atoms with Crippen molar-refractivity contribution in [1.29, 1.82) is 0 Å². The summed E-state index contributed by atoms with van der Waals surface area (Å²) in [5.74, 6) is 0.179. The van der Waals surface area contributed by atoms with Crippen LogP contribution in [-0.2, 0) is 9.53 Å². The molecule has 0 saturated carbocycles. The normalized spacial score (nSPS) is 18.8. The molecule has 5 nitrogen and oxygen atoms in total. The van der Waals surface area contributed by atoms with Crippen LogP contribution in [0.25, 0.3) is 0 Å². The monoisotopic (exact) mass is 268 g/mol. The molecule has 1 aromatic rings. The van der Waals surface area contributed by atoms with Crippen molar-refractivity contribution >= 4 is 17.7 Å². The van der Waals surface area contributed by atoms with Gasteiger partial charge in [0.1, 0.15) is 0 Å². The molecule has 0 bridgehead atoms. The lowest BCUT2D eigenvalue weighted by atomic mass is 10.2. The molecule has 2 heterocycles. The maximum Gasteiger partial charge on any atom is 0.251 e. The maximum atomic E-state index is 11.6. The molecule has 1 atom stereocenters. The minimum absolute atomic E-state index is 0.0700.